The minimum atomic E-state index is 0.150. The third-order valence-corrected chi connectivity index (χ3v) is 6.77. The topological polar surface area (TPSA) is 26.8 Å². The second-order valence-electron chi connectivity index (χ2n) is 7.43. The number of hydrogen-bond acceptors (Lipinski definition) is 4. The Morgan fingerprint density at radius 3 is 2.56 bits per heavy atom. The maximum atomic E-state index is 12.3. The van der Waals surface area contributed by atoms with Gasteiger partial charge in [0.05, 0.1) is 0 Å². The van der Waals surface area contributed by atoms with E-state index in [4.69, 9.17) is 0 Å². The van der Waals surface area contributed by atoms with Crippen LogP contribution in [0.15, 0.2) is 29.2 Å². The Kier molecular flexibility index (Phi) is 6.08. The van der Waals surface area contributed by atoms with E-state index in [-0.39, 0.29) is 5.54 Å². The first kappa shape index (κ1) is 18.7. The van der Waals surface area contributed by atoms with Gasteiger partial charge in [-0.1, -0.05) is 12.1 Å². The molecule has 4 nitrogen and oxygen atoms in total. The highest BCUT2D eigenvalue weighted by molar-refractivity contribution is 7.98. The van der Waals surface area contributed by atoms with E-state index in [0.717, 1.165) is 52.1 Å². The lowest BCUT2D eigenvalue weighted by molar-refractivity contribution is -0.130. The van der Waals surface area contributed by atoms with E-state index >= 15 is 0 Å². The Balaban J connectivity index is 1.69. The van der Waals surface area contributed by atoms with Crippen molar-refractivity contribution in [1.29, 1.82) is 0 Å². The number of likely N-dealkylation sites (tertiary alicyclic amines) is 1. The monoisotopic (exact) mass is 361 g/mol. The summed E-state index contributed by atoms with van der Waals surface area (Å²) >= 11 is 1.79. The van der Waals surface area contributed by atoms with Crippen molar-refractivity contribution in [2.45, 2.75) is 43.2 Å². The van der Waals surface area contributed by atoms with Crippen LogP contribution in [0.2, 0.25) is 0 Å². The molecule has 0 saturated carbocycles. The van der Waals surface area contributed by atoms with Crippen molar-refractivity contribution < 1.29 is 4.79 Å². The molecule has 2 fully saturated rings. The van der Waals surface area contributed by atoms with E-state index in [1.165, 1.54) is 10.5 Å². The minimum absolute atomic E-state index is 0.150. The summed E-state index contributed by atoms with van der Waals surface area (Å²) in [5.74, 6) is 0.331. The molecule has 5 heteroatoms. The van der Waals surface area contributed by atoms with Crippen molar-refractivity contribution in [3.05, 3.63) is 29.8 Å². The Hall–Kier alpha value is -1.04. The third kappa shape index (κ3) is 4.21. The number of benzene rings is 1. The summed E-state index contributed by atoms with van der Waals surface area (Å²) in [4.78, 5) is 20.8. The SMILES string of the molecule is CCN1CC[C@]2(CCC1=O)CN(Cc1ccc(SC)cc1)CCN2C. The number of rotatable bonds is 4. The zero-order chi connectivity index (χ0) is 17.9. The number of carbonyl (C=O) groups excluding carboxylic acids is 1. The van der Waals surface area contributed by atoms with Crippen molar-refractivity contribution in [1.82, 2.24) is 14.7 Å². The number of nitrogens with zero attached hydrogens (tertiary/aromatic N) is 3. The van der Waals surface area contributed by atoms with Crippen LogP contribution in [0.5, 0.6) is 0 Å². The second-order valence-corrected chi connectivity index (χ2v) is 8.31. The average molecular weight is 362 g/mol. The zero-order valence-corrected chi connectivity index (χ0v) is 16.6. The van der Waals surface area contributed by atoms with E-state index in [1.807, 2.05) is 4.90 Å². The van der Waals surface area contributed by atoms with Gasteiger partial charge in [0, 0.05) is 56.1 Å². The van der Waals surface area contributed by atoms with Crippen LogP contribution in [-0.4, -0.2) is 72.2 Å². The fraction of sp³-hybridized carbons (Fsp3) is 0.650. The van der Waals surface area contributed by atoms with Crippen LogP contribution in [0.1, 0.15) is 31.7 Å². The highest BCUT2D eigenvalue weighted by Gasteiger charge is 2.41. The molecule has 0 radical (unpaired) electrons. The van der Waals surface area contributed by atoms with E-state index in [2.05, 4.69) is 54.3 Å². The normalized spacial score (nSPS) is 26.2. The number of amides is 1. The van der Waals surface area contributed by atoms with Crippen molar-refractivity contribution in [3.63, 3.8) is 0 Å². The minimum Gasteiger partial charge on any atom is -0.343 e. The van der Waals surface area contributed by atoms with Gasteiger partial charge in [0.15, 0.2) is 0 Å². The smallest absolute Gasteiger partial charge is 0.222 e. The van der Waals surface area contributed by atoms with Gasteiger partial charge in [0.2, 0.25) is 5.91 Å². The molecule has 2 aliphatic rings. The van der Waals surface area contributed by atoms with E-state index < -0.39 is 0 Å². The molecule has 1 aromatic carbocycles. The van der Waals surface area contributed by atoms with Crippen molar-refractivity contribution in [2.75, 3.05) is 46.0 Å². The van der Waals surface area contributed by atoms with Crippen LogP contribution in [0.4, 0.5) is 0 Å². The fourth-order valence-electron chi connectivity index (χ4n) is 4.23. The van der Waals surface area contributed by atoms with Crippen LogP contribution < -0.4 is 0 Å². The molecule has 0 bridgehead atoms. The molecule has 2 aliphatic heterocycles. The molecule has 0 N–H and O–H groups in total. The molecule has 3 rings (SSSR count). The van der Waals surface area contributed by atoms with Gasteiger partial charge in [-0.15, -0.1) is 11.8 Å². The molecule has 2 saturated heterocycles. The van der Waals surface area contributed by atoms with Gasteiger partial charge in [-0.25, -0.2) is 0 Å². The predicted molar refractivity (Wildman–Crippen MR) is 105 cm³/mol. The van der Waals surface area contributed by atoms with E-state index in [1.54, 1.807) is 11.8 Å². The first-order chi connectivity index (χ1) is 12.1. The molecule has 1 atom stereocenters. The molecule has 1 aromatic rings. The summed E-state index contributed by atoms with van der Waals surface area (Å²) in [5.41, 5.74) is 1.54. The Bertz CT molecular complexity index is 591. The largest absolute Gasteiger partial charge is 0.343 e. The van der Waals surface area contributed by atoms with Gasteiger partial charge >= 0.3 is 0 Å². The summed E-state index contributed by atoms with van der Waals surface area (Å²) in [6, 6.07) is 8.95. The van der Waals surface area contributed by atoms with E-state index in [9.17, 15) is 4.79 Å². The molecule has 0 aliphatic carbocycles. The molecule has 1 spiro atoms. The van der Waals surface area contributed by atoms with Gasteiger partial charge in [0.25, 0.3) is 0 Å². The standard InChI is InChI=1S/C20H31N3OS/c1-4-23-12-11-20(10-9-19(23)24)16-22(14-13-21(20)2)15-17-5-7-18(25-3)8-6-17/h5-8H,4,9-16H2,1-3H3/t20-/m1/s1. The van der Waals surface area contributed by atoms with E-state index in [0.29, 0.717) is 12.3 Å². The zero-order valence-electron chi connectivity index (χ0n) is 15.8. The van der Waals surface area contributed by atoms with Gasteiger partial charge in [-0.3, -0.25) is 14.6 Å². The Labute approximate surface area is 156 Å². The van der Waals surface area contributed by atoms with Gasteiger partial charge < -0.3 is 4.90 Å². The molecule has 0 unspecified atom stereocenters. The van der Waals surface area contributed by atoms with Crippen molar-refractivity contribution in [3.8, 4) is 0 Å². The molecule has 1 amide bonds. The predicted octanol–water partition coefficient (Wildman–Crippen LogP) is 2.93. The molecular weight excluding hydrogens is 330 g/mol. The Morgan fingerprint density at radius 2 is 1.88 bits per heavy atom. The molecular formula is C20H31N3OS. The lowest BCUT2D eigenvalue weighted by Gasteiger charge is -2.49. The van der Waals surface area contributed by atoms with Crippen LogP contribution in [-0.2, 0) is 11.3 Å². The van der Waals surface area contributed by atoms with Crippen LogP contribution in [0.25, 0.3) is 0 Å². The molecule has 0 aromatic heterocycles. The maximum Gasteiger partial charge on any atom is 0.222 e. The highest BCUT2D eigenvalue weighted by Crippen LogP contribution is 2.32. The lowest BCUT2D eigenvalue weighted by atomic mass is 9.86. The number of piperazine rings is 1. The summed E-state index contributed by atoms with van der Waals surface area (Å²) in [6.45, 7) is 8.09. The first-order valence-electron chi connectivity index (χ1n) is 9.40. The van der Waals surface area contributed by atoms with Gasteiger partial charge in [-0.05, 0) is 50.8 Å². The van der Waals surface area contributed by atoms with Crippen LogP contribution >= 0.6 is 11.8 Å². The van der Waals surface area contributed by atoms with Crippen LogP contribution in [0.3, 0.4) is 0 Å². The molecule has 138 valence electrons. The number of likely N-dealkylation sites (N-methyl/N-ethyl adjacent to an activating group) is 1. The van der Waals surface area contributed by atoms with Crippen molar-refractivity contribution >= 4 is 17.7 Å². The number of hydrogen-bond donors (Lipinski definition) is 0. The second kappa shape index (κ2) is 8.11. The summed E-state index contributed by atoms with van der Waals surface area (Å²) in [5, 5.41) is 0. The quantitative estimate of drug-likeness (QED) is 0.771. The van der Waals surface area contributed by atoms with Gasteiger partial charge in [0.1, 0.15) is 0 Å². The fourth-order valence-corrected chi connectivity index (χ4v) is 4.64. The third-order valence-electron chi connectivity index (χ3n) is 6.03. The maximum absolute atomic E-state index is 12.3. The summed E-state index contributed by atoms with van der Waals surface area (Å²) in [7, 11) is 2.25. The van der Waals surface area contributed by atoms with Crippen molar-refractivity contribution in [2.24, 2.45) is 0 Å². The molecule has 2 heterocycles. The summed E-state index contributed by atoms with van der Waals surface area (Å²) in [6.07, 6.45) is 4.88. The number of thioether (sulfide) groups is 1. The molecule has 25 heavy (non-hydrogen) atoms. The number of carbonyl (C=O) groups is 1. The van der Waals surface area contributed by atoms with Gasteiger partial charge in [-0.2, -0.15) is 0 Å². The average Bonchev–Trinajstić information content (AvgIpc) is 2.79. The summed E-state index contributed by atoms with van der Waals surface area (Å²) < 4.78 is 0. The highest BCUT2D eigenvalue weighted by atomic mass is 32.2. The lowest BCUT2D eigenvalue weighted by Crippen LogP contribution is -2.60. The Morgan fingerprint density at radius 1 is 1.12 bits per heavy atom. The first-order valence-corrected chi connectivity index (χ1v) is 10.6. The van der Waals surface area contributed by atoms with Crippen LogP contribution in [0, 0.1) is 0 Å².